The monoisotopic (exact) mass is 363 g/mol. The van der Waals surface area contributed by atoms with Crippen molar-refractivity contribution in [2.75, 3.05) is 0 Å². The van der Waals surface area contributed by atoms with Crippen molar-refractivity contribution in [3.63, 3.8) is 0 Å². The molecule has 3 heterocycles. The van der Waals surface area contributed by atoms with Gasteiger partial charge in [0.15, 0.2) is 11.6 Å². The van der Waals surface area contributed by atoms with Crippen LogP contribution in [-0.4, -0.2) is 35.6 Å². The molecule has 8 heteroatoms. The first-order valence-electron chi connectivity index (χ1n) is 9.15. The number of rotatable bonds is 5. The smallest absolute Gasteiger partial charge is 0.254 e. The van der Waals surface area contributed by atoms with Crippen LogP contribution in [0.5, 0.6) is 0 Å². The molecule has 0 aromatic carbocycles. The number of pyridine rings is 1. The van der Waals surface area contributed by atoms with E-state index in [0.29, 0.717) is 17.4 Å². The molecule has 0 spiro atoms. The van der Waals surface area contributed by atoms with Crippen molar-refractivity contribution in [3.05, 3.63) is 54.6 Å². The Morgan fingerprint density at radius 1 is 1.22 bits per heavy atom. The van der Waals surface area contributed by atoms with Gasteiger partial charge in [-0.05, 0) is 31.9 Å². The van der Waals surface area contributed by atoms with Gasteiger partial charge in [0, 0.05) is 36.4 Å². The van der Waals surface area contributed by atoms with Crippen molar-refractivity contribution in [1.29, 1.82) is 0 Å². The Hall–Kier alpha value is -3.16. The van der Waals surface area contributed by atoms with Crippen LogP contribution in [0.15, 0.2) is 43.2 Å². The first kappa shape index (κ1) is 17.3. The van der Waals surface area contributed by atoms with Crippen LogP contribution < -0.4 is 5.32 Å². The molecule has 4 rings (SSSR count). The number of hydrogen-bond acceptors (Lipinski definition) is 6. The number of aromatic nitrogens is 6. The zero-order valence-electron chi connectivity index (χ0n) is 15.1. The predicted molar refractivity (Wildman–Crippen MR) is 98.7 cm³/mol. The van der Waals surface area contributed by atoms with E-state index in [4.69, 9.17) is 0 Å². The zero-order chi connectivity index (χ0) is 18.6. The van der Waals surface area contributed by atoms with Crippen LogP contribution in [0.1, 0.15) is 60.9 Å². The SMILES string of the molecule is C[C@@H](NC(=O)c1cnc(-c2cccnc2)nc1)c1nncn1C1CCCC1. The summed E-state index contributed by atoms with van der Waals surface area (Å²) in [7, 11) is 0. The number of amides is 1. The van der Waals surface area contributed by atoms with Crippen LogP contribution in [0.3, 0.4) is 0 Å². The van der Waals surface area contributed by atoms with Crippen molar-refractivity contribution < 1.29 is 4.79 Å². The summed E-state index contributed by atoms with van der Waals surface area (Å²) in [5.74, 6) is 1.08. The molecule has 0 saturated heterocycles. The van der Waals surface area contributed by atoms with Gasteiger partial charge in [-0.15, -0.1) is 10.2 Å². The predicted octanol–water partition coefficient (Wildman–Crippen LogP) is 2.74. The van der Waals surface area contributed by atoms with Crippen LogP contribution in [-0.2, 0) is 0 Å². The Kier molecular flexibility index (Phi) is 4.86. The molecule has 3 aromatic heterocycles. The molecule has 8 nitrogen and oxygen atoms in total. The first-order valence-corrected chi connectivity index (χ1v) is 9.15. The average Bonchev–Trinajstić information content (AvgIpc) is 3.40. The van der Waals surface area contributed by atoms with Gasteiger partial charge in [0.1, 0.15) is 6.33 Å². The quantitative estimate of drug-likeness (QED) is 0.748. The van der Waals surface area contributed by atoms with Crippen LogP contribution >= 0.6 is 0 Å². The van der Waals surface area contributed by atoms with E-state index < -0.39 is 0 Å². The highest BCUT2D eigenvalue weighted by Gasteiger charge is 2.23. The Labute approximate surface area is 157 Å². The summed E-state index contributed by atoms with van der Waals surface area (Å²) in [6, 6.07) is 3.87. The summed E-state index contributed by atoms with van der Waals surface area (Å²) >= 11 is 0. The lowest BCUT2D eigenvalue weighted by Gasteiger charge is -2.18. The fourth-order valence-corrected chi connectivity index (χ4v) is 3.46. The molecule has 0 bridgehead atoms. The van der Waals surface area contributed by atoms with E-state index >= 15 is 0 Å². The van der Waals surface area contributed by atoms with E-state index in [0.717, 1.165) is 24.2 Å². The second kappa shape index (κ2) is 7.61. The summed E-state index contributed by atoms with van der Waals surface area (Å²) in [5, 5.41) is 11.2. The average molecular weight is 363 g/mol. The standard InChI is InChI=1S/C19H21N7O/c1-13(18-25-23-12-26(18)16-6-2-3-7-16)24-19(27)15-10-21-17(22-11-15)14-5-4-8-20-9-14/h4-5,8-13,16H,2-3,6-7H2,1H3,(H,24,27)/t13-/m1/s1. The van der Waals surface area contributed by atoms with E-state index in [-0.39, 0.29) is 11.9 Å². The van der Waals surface area contributed by atoms with Crippen molar-refractivity contribution in [2.45, 2.75) is 44.7 Å². The van der Waals surface area contributed by atoms with Gasteiger partial charge in [-0.25, -0.2) is 9.97 Å². The number of nitrogens with one attached hydrogen (secondary N) is 1. The van der Waals surface area contributed by atoms with Gasteiger partial charge in [-0.3, -0.25) is 9.78 Å². The fraction of sp³-hybridized carbons (Fsp3) is 0.368. The van der Waals surface area contributed by atoms with Crippen molar-refractivity contribution in [3.8, 4) is 11.4 Å². The topological polar surface area (TPSA) is 98.5 Å². The molecule has 1 amide bonds. The van der Waals surface area contributed by atoms with Crippen molar-refractivity contribution in [1.82, 2.24) is 35.0 Å². The second-order valence-corrected chi connectivity index (χ2v) is 6.77. The van der Waals surface area contributed by atoms with Crippen LogP contribution in [0, 0.1) is 0 Å². The molecule has 1 aliphatic carbocycles. The molecule has 1 atom stereocenters. The maximum Gasteiger partial charge on any atom is 0.254 e. The Morgan fingerprint density at radius 3 is 2.70 bits per heavy atom. The lowest BCUT2D eigenvalue weighted by atomic mass is 10.2. The Balaban J connectivity index is 1.45. The molecule has 0 aliphatic heterocycles. The third-order valence-electron chi connectivity index (χ3n) is 4.89. The largest absolute Gasteiger partial charge is 0.342 e. The van der Waals surface area contributed by atoms with Gasteiger partial charge in [-0.1, -0.05) is 12.8 Å². The molecule has 1 aliphatic rings. The minimum atomic E-state index is -0.251. The van der Waals surface area contributed by atoms with Crippen LogP contribution in [0.25, 0.3) is 11.4 Å². The molecular weight excluding hydrogens is 342 g/mol. The molecule has 1 saturated carbocycles. The first-order chi connectivity index (χ1) is 13.2. The molecule has 0 unspecified atom stereocenters. The minimum Gasteiger partial charge on any atom is -0.342 e. The summed E-state index contributed by atoms with van der Waals surface area (Å²) in [6.45, 7) is 1.91. The van der Waals surface area contributed by atoms with Crippen LogP contribution in [0.2, 0.25) is 0 Å². The van der Waals surface area contributed by atoms with E-state index in [1.165, 1.54) is 25.2 Å². The molecule has 3 aromatic rings. The van der Waals surface area contributed by atoms with E-state index in [2.05, 4.69) is 35.0 Å². The summed E-state index contributed by atoms with van der Waals surface area (Å²) < 4.78 is 2.10. The third kappa shape index (κ3) is 3.69. The summed E-state index contributed by atoms with van der Waals surface area (Å²) in [4.78, 5) is 25.2. The maximum absolute atomic E-state index is 12.6. The molecule has 1 fully saturated rings. The summed E-state index contributed by atoms with van der Waals surface area (Å²) in [6.07, 6.45) is 12.9. The maximum atomic E-state index is 12.6. The highest BCUT2D eigenvalue weighted by Crippen LogP contribution is 2.31. The molecule has 1 N–H and O–H groups in total. The van der Waals surface area contributed by atoms with Crippen molar-refractivity contribution >= 4 is 5.91 Å². The normalized spacial score (nSPS) is 15.6. The van der Waals surface area contributed by atoms with Gasteiger partial charge in [0.2, 0.25) is 0 Å². The zero-order valence-corrected chi connectivity index (χ0v) is 15.1. The van der Waals surface area contributed by atoms with Gasteiger partial charge in [0.05, 0.1) is 11.6 Å². The minimum absolute atomic E-state index is 0.235. The number of carbonyl (C=O) groups is 1. The summed E-state index contributed by atoms with van der Waals surface area (Å²) in [5.41, 5.74) is 1.21. The van der Waals surface area contributed by atoms with Gasteiger partial charge in [-0.2, -0.15) is 0 Å². The van der Waals surface area contributed by atoms with Gasteiger partial charge in [0.25, 0.3) is 5.91 Å². The fourth-order valence-electron chi connectivity index (χ4n) is 3.46. The van der Waals surface area contributed by atoms with E-state index in [9.17, 15) is 4.79 Å². The van der Waals surface area contributed by atoms with Gasteiger partial charge >= 0.3 is 0 Å². The van der Waals surface area contributed by atoms with Crippen molar-refractivity contribution in [2.24, 2.45) is 0 Å². The van der Waals surface area contributed by atoms with Crippen LogP contribution in [0.4, 0.5) is 0 Å². The number of nitrogens with zero attached hydrogens (tertiary/aromatic N) is 6. The Bertz CT molecular complexity index is 901. The molecule has 27 heavy (non-hydrogen) atoms. The highest BCUT2D eigenvalue weighted by molar-refractivity contribution is 5.93. The number of carbonyl (C=O) groups excluding carboxylic acids is 1. The number of hydrogen-bond donors (Lipinski definition) is 1. The molecule has 138 valence electrons. The van der Waals surface area contributed by atoms with E-state index in [1.807, 2.05) is 19.1 Å². The van der Waals surface area contributed by atoms with E-state index in [1.54, 1.807) is 18.7 Å². The molecule has 0 radical (unpaired) electrons. The van der Waals surface area contributed by atoms with Gasteiger partial charge < -0.3 is 9.88 Å². The lowest BCUT2D eigenvalue weighted by Crippen LogP contribution is -2.29. The Morgan fingerprint density at radius 2 is 2.00 bits per heavy atom. The third-order valence-corrected chi connectivity index (χ3v) is 4.89. The second-order valence-electron chi connectivity index (χ2n) is 6.77. The molecular formula is C19H21N7O. The highest BCUT2D eigenvalue weighted by atomic mass is 16.1. The lowest BCUT2D eigenvalue weighted by molar-refractivity contribution is 0.0936.